The standard InChI is InChI=1S/C25H25N3O4.C2HF3O2/c29-21-7-4-8-22(31-14-16-5-2-1-3-6-16)23(21)20-13-18(17-9-11-26-12-10-17)19-15-32-25(30)28-24(19)27-20;3-2(4,5)1(6)7/h1-8,13,17,26,29H,9-12,14-15H2,(H,27,28,30);(H,6,7). The second-order valence-electron chi connectivity index (χ2n) is 8.88. The highest BCUT2D eigenvalue weighted by Crippen LogP contribution is 2.42. The van der Waals surface area contributed by atoms with Gasteiger partial charge in [-0.2, -0.15) is 13.2 Å². The predicted octanol–water partition coefficient (Wildman–Crippen LogP) is 5.20. The third-order valence-electron chi connectivity index (χ3n) is 6.25. The molecule has 0 saturated carbocycles. The summed E-state index contributed by atoms with van der Waals surface area (Å²) in [7, 11) is 0. The zero-order valence-corrected chi connectivity index (χ0v) is 20.6. The van der Waals surface area contributed by atoms with E-state index < -0.39 is 18.2 Å². The van der Waals surface area contributed by atoms with E-state index in [4.69, 9.17) is 24.4 Å². The van der Waals surface area contributed by atoms with Crippen LogP contribution in [0.4, 0.5) is 23.8 Å². The number of piperidine rings is 1. The van der Waals surface area contributed by atoms with E-state index in [2.05, 4.69) is 10.6 Å². The number of benzene rings is 2. The van der Waals surface area contributed by atoms with Crippen molar-refractivity contribution in [1.29, 1.82) is 0 Å². The molecule has 0 spiro atoms. The fraction of sp³-hybridized carbons (Fsp3) is 0.296. The molecule has 12 heteroatoms. The predicted molar refractivity (Wildman–Crippen MR) is 134 cm³/mol. The zero-order chi connectivity index (χ0) is 28.0. The highest BCUT2D eigenvalue weighted by Gasteiger charge is 2.38. The summed E-state index contributed by atoms with van der Waals surface area (Å²) in [6.45, 7) is 2.44. The minimum Gasteiger partial charge on any atom is -0.507 e. The maximum Gasteiger partial charge on any atom is 0.490 e. The van der Waals surface area contributed by atoms with Crippen molar-refractivity contribution in [2.45, 2.75) is 38.1 Å². The molecule has 5 rings (SSSR count). The Balaban J connectivity index is 0.000000448. The van der Waals surface area contributed by atoms with Crippen LogP contribution >= 0.6 is 0 Å². The van der Waals surface area contributed by atoms with E-state index in [-0.39, 0.29) is 12.4 Å². The van der Waals surface area contributed by atoms with Gasteiger partial charge in [-0.3, -0.25) is 5.32 Å². The van der Waals surface area contributed by atoms with Crippen molar-refractivity contribution in [3.05, 3.63) is 71.3 Å². The van der Waals surface area contributed by atoms with Gasteiger partial charge in [0.05, 0.1) is 11.3 Å². The molecular formula is C27H26F3N3O6. The Morgan fingerprint density at radius 1 is 1.10 bits per heavy atom. The molecule has 0 unspecified atom stereocenters. The number of aromatic nitrogens is 1. The van der Waals surface area contributed by atoms with Crippen LogP contribution in [0.3, 0.4) is 0 Å². The average molecular weight is 546 g/mol. The second kappa shape index (κ2) is 12.0. The van der Waals surface area contributed by atoms with Gasteiger partial charge in [0.2, 0.25) is 0 Å². The maximum absolute atomic E-state index is 11.9. The Kier molecular flexibility index (Phi) is 8.55. The van der Waals surface area contributed by atoms with Gasteiger partial charge in [-0.1, -0.05) is 36.4 Å². The molecule has 1 fully saturated rings. The molecule has 39 heavy (non-hydrogen) atoms. The quantitative estimate of drug-likeness (QED) is 0.345. The molecule has 206 valence electrons. The third kappa shape index (κ3) is 6.96. The Labute approximate surface area is 221 Å². The van der Waals surface area contributed by atoms with Crippen molar-refractivity contribution in [3.8, 4) is 22.8 Å². The number of aliphatic carboxylic acids is 1. The summed E-state index contributed by atoms with van der Waals surface area (Å²) in [6, 6.07) is 17.1. The number of alkyl halides is 3. The minimum atomic E-state index is -5.08. The number of fused-ring (bicyclic) bond motifs is 1. The van der Waals surface area contributed by atoms with Crippen molar-refractivity contribution in [3.63, 3.8) is 0 Å². The molecule has 9 nitrogen and oxygen atoms in total. The number of hydrogen-bond acceptors (Lipinski definition) is 7. The van der Waals surface area contributed by atoms with Gasteiger partial charge >= 0.3 is 18.2 Å². The molecule has 0 atom stereocenters. The van der Waals surface area contributed by atoms with E-state index in [1.165, 1.54) is 0 Å². The highest BCUT2D eigenvalue weighted by molar-refractivity contribution is 5.88. The van der Waals surface area contributed by atoms with Crippen LogP contribution in [0.1, 0.15) is 35.4 Å². The van der Waals surface area contributed by atoms with Gasteiger partial charge in [0.25, 0.3) is 0 Å². The summed E-state index contributed by atoms with van der Waals surface area (Å²) >= 11 is 0. The minimum absolute atomic E-state index is 0.0812. The summed E-state index contributed by atoms with van der Waals surface area (Å²) in [6.07, 6.45) is -3.62. The number of phenols is 1. The third-order valence-corrected chi connectivity index (χ3v) is 6.25. The molecule has 3 aromatic rings. The number of halogens is 3. The summed E-state index contributed by atoms with van der Waals surface area (Å²) in [5.41, 5.74) is 4.12. The lowest BCUT2D eigenvalue weighted by molar-refractivity contribution is -0.192. The lowest BCUT2D eigenvalue weighted by Crippen LogP contribution is -2.29. The summed E-state index contributed by atoms with van der Waals surface area (Å²) < 4.78 is 43.1. The van der Waals surface area contributed by atoms with Crippen LogP contribution in [0, 0.1) is 0 Å². The van der Waals surface area contributed by atoms with Crippen molar-refractivity contribution < 1.29 is 42.4 Å². The second-order valence-corrected chi connectivity index (χ2v) is 8.88. The number of hydrogen-bond donors (Lipinski definition) is 4. The number of aromatic hydroxyl groups is 1. The summed E-state index contributed by atoms with van der Waals surface area (Å²) in [5.74, 6) is -1.32. The Hall–Kier alpha value is -4.32. The number of amides is 1. The van der Waals surface area contributed by atoms with E-state index in [0.29, 0.717) is 35.3 Å². The number of carboxylic acid groups (broad SMARTS) is 1. The first kappa shape index (κ1) is 27.7. The molecule has 2 aliphatic rings. The molecule has 4 N–H and O–H groups in total. The average Bonchev–Trinajstić information content (AvgIpc) is 2.92. The first-order valence-electron chi connectivity index (χ1n) is 12.1. The number of cyclic esters (lactones) is 1. The molecule has 0 aliphatic carbocycles. The Morgan fingerprint density at radius 3 is 2.46 bits per heavy atom. The number of ether oxygens (including phenoxy) is 2. The van der Waals surface area contributed by atoms with Crippen LogP contribution in [-0.4, -0.2) is 46.5 Å². The normalized spacial score (nSPS) is 15.2. The van der Waals surface area contributed by atoms with Crippen LogP contribution in [0.25, 0.3) is 11.3 Å². The molecule has 1 amide bonds. The van der Waals surface area contributed by atoms with E-state index in [1.54, 1.807) is 12.1 Å². The van der Waals surface area contributed by atoms with Crippen LogP contribution in [0.2, 0.25) is 0 Å². The van der Waals surface area contributed by atoms with Gasteiger partial charge in [-0.25, -0.2) is 14.6 Å². The van der Waals surface area contributed by atoms with Crippen LogP contribution < -0.4 is 15.4 Å². The SMILES string of the molecule is O=C(O)C(F)(F)F.O=C1Nc2nc(-c3c(O)cccc3OCc3ccccc3)cc(C3CCNCC3)c2CO1. The topological polar surface area (TPSA) is 130 Å². The Morgan fingerprint density at radius 2 is 1.79 bits per heavy atom. The monoisotopic (exact) mass is 545 g/mol. The number of phenolic OH excluding ortho intramolecular Hbond substituents is 1. The van der Waals surface area contributed by atoms with E-state index in [1.807, 2.05) is 42.5 Å². The number of carbonyl (C=O) groups is 2. The largest absolute Gasteiger partial charge is 0.507 e. The lowest BCUT2D eigenvalue weighted by atomic mass is 9.86. The fourth-order valence-corrected chi connectivity index (χ4v) is 4.37. The van der Waals surface area contributed by atoms with E-state index >= 15 is 0 Å². The van der Waals surface area contributed by atoms with Gasteiger partial charge in [-0.05, 0) is 61.2 Å². The van der Waals surface area contributed by atoms with Gasteiger partial charge in [0.15, 0.2) is 0 Å². The Bertz CT molecular complexity index is 1330. The van der Waals surface area contributed by atoms with Crippen LogP contribution in [0.5, 0.6) is 11.5 Å². The van der Waals surface area contributed by atoms with Crippen molar-refractivity contribution in [2.24, 2.45) is 0 Å². The summed E-state index contributed by atoms with van der Waals surface area (Å²) in [5, 5.41) is 24.0. The molecular weight excluding hydrogens is 519 g/mol. The molecule has 0 bridgehead atoms. The van der Waals surface area contributed by atoms with Gasteiger partial charge in [0.1, 0.15) is 30.5 Å². The molecule has 3 heterocycles. The molecule has 1 saturated heterocycles. The molecule has 2 aliphatic heterocycles. The molecule has 1 aromatic heterocycles. The van der Waals surface area contributed by atoms with Crippen molar-refractivity contribution in [2.75, 3.05) is 18.4 Å². The van der Waals surface area contributed by atoms with Crippen LogP contribution in [-0.2, 0) is 22.7 Å². The zero-order valence-electron chi connectivity index (χ0n) is 20.6. The van der Waals surface area contributed by atoms with Crippen molar-refractivity contribution in [1.82, 2.24) is 10.3 Å². The highest BCUT2D eigenvalue weighted by atomic mass is 19.4. The van der Waals surface area contributed by atoms with Gasteiger partial charge in [0, 0.05) is 5.56 Å². The van der Waals surface area contributed by atoms with Crippen LogP contribution in [0.15, 0.2) is 54.6 Å². The molecule has 2 aromatic carbocycles. The maximum atomic E-state index is 11.9. The fourth-order valence-electron chi connectivity index (χ4n) is 4.37. The van der Waals surface area contributed by atoms with Gasteiger partial charge in [-0.15, -0.1) is 0 Å². The lowest BCUT2D eigenvalue weighted by Gasteiger charge is -2.28. The number of anilines is 1. The smallest absolute Gasteiger partial charge is 0.490 e. The first-order valence-corrected chi connectivity index (χ1v) is 12.1. The number of carbonyl (C=O) groups excluding carboxylic acids is 1. The number of pyridine rings is 1. The first-order chi connectivity index (χ1) is 18.6. The number of nitrogens with one attached hydrogen (secondary N) is 2. The number of rotatable bonds is 5. The number of nitrogens with zero attached hydrogens (tertiary/aromatic N) is 1. The van der Waals surface area contributed by atoms with Crippen molar-refractivity contribution >= 4 is 17.9 Å². The van der Waals surface area contributed by atoms with E-state index in [0.717, 1.165) is 42.6 Å². The van der Waals surface area contributed by atoms with E-state index in [9.17, 15) is 23.1 Å². The summed E-state index contributed by atoms with van der Waals surface area (Å²) in [4.78, 5) is 25.5. The molecule has 0 radical (unpaired) electrons. The van der Waals surface area contributed by atoms with Gasteiger partial charge < -0.3 is 25.0 Å². The number of carboxylic acids is 1.